The van der Waals surface area contributed by atoms with Gasteiger partial charge in [0.15, 0.2) is 0 Å². The predicted molar refractivity (Wildman–Crippen MR) is 102 cm³/mol. The van der Waals surface area contributed by atoms with Crippen molar-refractivity contribution in [3.63, 3.8) is 0 Å². The van der Waals surface area contributed by atoms with Crippen molar-refractivity contribution in [1.29, 1.82) is 0 Å². The number of aliphatic carboxylic acids is 1. The van der Waals surface area contributed by atoms with Gasteiger partial charge in [0.1, 0.15) is 12.1 Å². The number of carboxylic acids is 1. The highest BCUT2D eigenvalue weighted by Gasteiger charge is 2.36. The number of hydrogen-bond acceptors (Lipinski definition) is 7. The molecule has 4 amide bonds. The van der Waals surface area contributed by atoms with E-state index in [1.54, 1.807) is 0 Å². The van der Waals surface area contributed by atoms with Crippen LogP contribution >= 0.6 is 0 Å². The lowest BCUT2D eigenvalue weighted by Crippen LogP contribution is -2.53. The zero-order chi connectivity index (χ0) is 22.0. The van der Waals surface area contributed by atoms with Crippen molar-refractivity contribution in [3.05, 3.63) is 0 Å². The van der Waals surface area contributed by atoms with Gasteiger partial charge in [-0.05, 0) is 32.2 Å². The lowest BCUT2D eigenvalue weighted by Gasteiger charge is -2.25. The van der Waals surface area contributed by atoms with Gasteiger partial charge in [0, 0.05) is 6.54 Å². The largest absolute Gasteiger partial charge is 0.480 e. The summed E-state index contributed by atoms with van der Waals surface area (Å²) in [6, 6.07) is -3.10. The minimum absolute atomic E-state index is 0.295. The molecule has 164 valence electrons. The molecule has 0 aromatic heterocycles. The molecule has 0 aromatic carbocycles. The fourth-order valence-corrected chi connectivity index (χ4v) is 3.04. The van der Waals surface area contributed by atoms with Crippen LogP contribution in [0.4, 0.5) is 0 Å². The molecule has 1 rings (SSSR count). The summed E-state index contributed by atoms with van der Waals surface area (Å²) in [6.07, 6.45) is 2.22. The van der Waals surface area contributed by atoms with E-state index in [2.05, 4.69) is 10.6 Å². The summed E-state index contributed by atoms with van der Waals surface area (Å²) in [5, 5.41) is 13.8. The van der Waals surface area contributed by atoms with Crippen molar-refractivity contribution >= 4 is 29.6 Å². The third kappa shape index (κ3) is 8.03. The lowest BCUT2D eigenvalue weighted by atomic mass is 10.1. The molecule has 29 heavy (non-hydrogen) atoms. The molecule has 3 unspecified atom stereocenters. The number of nitrogens with zero attached hydrogens (tertiary/aromatic N) is 1. The summed E-state index contributed by atoms with van der Waals surface area (Å²) in [7, 11) is 0. The van der Waals surface area contributed by atoms with Gasteiger partial charge in [-0.1, -0.05) is 6.42 Å². The molecule has 1 saturated heterocycles. The highest BCUT2D eigenvalue weighted by molar-refractivity contribution is 5.94. The van der Waals surface area contributed by atoms with Crippen LogP contribution in [-0.2, 0) is 24.0 Å². The summed E-state index contributed by atoms with van der Waals surface area (Å²) in [5.41, 5.74) is 16.1. The predicted octanol–water partition coefficient (Wildman–Crippen LogP) is -3.01. The van der Waals surface area contributed by atoms with Crippen molar-refractivity contribution in [1.82, 2.24) is 15.5 Å². The molecule has 3 atom stereocenters. The van der Waals surface area contributed by atoms with Crippen molar-refractivity contribution < 1.29 is 29.1 Å². The van der Waals surface area contributed by atoms with Crippen LogP contribution in [0.3, 0.4) is 0 Å². The van der Waals surface area contributed by atoms with Crippen molar-refractivity contribution in [2.24, 2.45) is 17.2 Å². The Morgan fingerprint density at radius 3 is 2.45 bits per heavy atom. The maximum Gasteiger partial charge on any atom is 0.326 e. The molecule has 12 nitrogen and oxygen atoms in total. The molecule has 0 radical (unpaired) electrons. The van der Waals surface area contributed by atoms with Crippen molar-refractivity contribution in [2.45, 2.75) is 56.7 Å². The summed E-state index contributed by atoms with van der Waals surface area (Å²) >= 11 is 0. The minimum Gasteiger partial charge on any atom is -0.480 e. The van der Waals surface area contributed by atoms with Gasteiger partial charge in [0.05, 0.1) is 19.0 Å². The summed E-state index contributed by atoms with van der Waals surface area (Å²) in [6.45, 7) is 0.479. The number of likely N-dealkylation sites (tertiary alicyclic amines) is 1. The van der Waals surface area contributed by atoms with Gasteiger partial charge >= 0.3 is 5.97 Å². The van der Waals surface area contributed by atoms with Gasteiger partial charge in [0.25, 0.3) is 0 Å². The first-order valence-electron chi connectivity index (χ1n) is 9.51. The first kappa shape index (κ1) is 24.3. The second-order valence-corrected chi connectivity index (χ2v) is 6.92. The van der Waals surface area contributed by atoms with Crippen LogP contribution in [0.25, 0.3) is 0 Å². The van der Waals surface area contributed by atoms with E-state index in [1.165, 1.54) is 4.90 Å². The Hall–Kier alpha value is -2.73. The second kappa shape index (κ2) is 12.0. The van der Waals surface area contributed by atoms with Crippen LogP contribution in [0.5, 0.6) is 0 Å². The van der Waals surface area contributed by atoms with Crippen LogP contribution < -0.4 is 27.8 Å². The van der Waals surface area contributed by atoms with Crippen LogP contribution in [0.15, 0.2) is 0 Å². The Balaban J connectivity index is 2.58. The quantitative estimate of drug-likeness (QED) is 0.181. The third-order valence-electron chi connectivity index (χ3n) is 4.62. The van der Waals surface area contributed by atoms with Gasteiger partial charge in [-0.15, -0.1) is 0 Å². The fraction of sp³-hybridized carbons (Fsp3) is 0.706. The monoisotopic (exact) mass is 414 g/mol. The van der Waals surface area contributed by atoms with Crippen LogP contribution in [0.2, 0.25) is 0 Å². The molecular formula is C17H30N6O6. The Kier molecular flexibility index (Phi) is 10.0. The number of carbonyl (C=O) groups excluding carboxylic acids is 4. The number of nitrogens with one attached hydrogen (secondary N) is 2. The maximum absolute atomic E-state index is 12.4. The molecule has 9 N–H and O–H groups in total. The molecule has 1 aliphatic rings. The molecule has 12 heteroatoms. The van der Waals surface area contributed by atoms with Gasteiger partial charge < -0.3 is 37.8 Å². The number of primary amides is 1. The van der Waals surface area contributed by atoms with Gasteiger partial charge in [0.2, 0.25) is 23.6 Å². The molecular weight excluding hydrogens is 384 g/mol. The number of carbonyl (C=O) groups is 5. The Labute approximate surface area is 168 Å². The number of amides is 4. The van der Waals surface area contributed by atoms with Gasteiger partial charge in [-0.2, -0.15) is 0 Å². The normalized spacial score (nSPS) is 18.0. The van der Waals surface area contributed by atoms with Crippen molar-refractivity contribution in [3.8, 4) is 0 Å². The van der Waals surface area contributed by atoms with Crippen LogP contribution in [0.1, 0.15) is 38.5 Å². The topological polar surface area (TPSA) is 211 Å². The smallest absolute Gasteiger partial charge is 0.326 e. The maximum atomic E-state index is 12.4. The minimum atomic E-state index is -1.47. The van der Waals surface area contributed by atoms with E-state index in [0.29, 0.717) is 38.8 Å². The molecule has 1 aliphatic heterocycles. The van der Waals surface area contributed by atoms with E-state index < -0.39 is 54.1 Å². The number of unbranched alkanes of at least 4 members (excludes halogenated alkanes) is 1. The SMILES string of the molecule is NCCCCC(N)C(=O)NCC(=O)N1CCCC1C(=O)NC(CC(N)=O)C(=O)O. The molecule has 0 bridgehead atoms. The zero-order valence-electron chi connectivity index (χ0n) is 16.3. The second-order valence-electron chi connectivity index (χ2n) is 6.92. The Bertz CT molecular complexity index is 628. The summed E-state index contributed by atoms with van der Waals surface area (Å²) in [5.74, 6) is -3.91. The molecule has 0 aromatic rings. The highest BCUT2D eigenvalue weighted by Crippen LogP contribution is 2.17. The fourth-order valence-electron chi connectivity index (χ4n) is 3.04. The molecule has 0 aliphatic carbocycles. The molecule has 0 saturated carbocycles. The first-order chi connectivity index (χ1) is 13.7. The Morgan fingerprint density at radius 1 is 1.17 bits per heavy atom. The van der Waals surface area contributed by atoms with Crippen molar-refractivity contribution in [2.75, 3.05) is 19.6 Å². The number of nitrogens with two attached hydrogens (primary N) is 3. The summed E-state index contributed by atoms with van der Waals surface area (Å²) in [4.78, 5) is 60.2. The van der Waals surface area contributed by atoms with E-state index in [4.69, 9.17) is 22.3 Å². The lowest BCUT2D eigenvalue weighted by molar-refractivity contribution is -0.145. The van der Waals surface area contributed by atoms with Gasteiger partial charge in [-0.3, -0.25) is 19.2 Å². The first-order valence-corrected chi connectivity index (χ1v) is 9.51. The van der Waals surface area contributed by atoms with E-state index in [-0.39, 0.29) is 6.54 Å². The third-order valence-corrected chi connectivity index (χ3v) is 4.62. The van der Waals surface area contributed by atoms with Crippen LogP contribution in [-0.4, -0.2) is 77.4 Å². The van der Waals surface area contributed by atoms with E-state index >= 15 is 0 Å². The van der Waals surface area contributed by atoms with E-state index in [1.807, 2.05) is 0 Å². The van der Waals surface area contributed by atoms with Crippen LogP contribution in [0, 0.1) is 0 Å². The number of carboxylic acid groups (broad SMARTS) is 1. The standard InChI is InChI=1S/C17H30N6O6/c18-6-2-1-4-10(19)15(26)21-9-14(25)23-7-3-5-12(23)16(27)22-11(17(28)29)8-13(20)24/h10-12H,1-9,18-19H2,(H2,20,24)(H,21,26)(H,22,27)(H,28,29). The Morgan fingerprint density at radius 2 is 1.86 bits per heavy atom. The summed E-state index contributed by atoms with van der Waals surface area (Å²) < 4.78 is 0. The molecule has 1 fully saturated rings. The number of hydrogen-bond donors (Lipinski definition) is 6. The zero-order valence-corrected chi connectivity index (χ0v) is 16.3. The highest BCUT2D eigenvalue weighted by atomic mass is 16.4. The average Bonchev–Trinajstić information content (AvgIpc) is 3.14. The number of rotatable bonds is 12. The van der Waals surface area contributed by atoms with E-state index in [0.717, 1.165) is 6.42 Å². The van der Waals surface area contributed by atoms with Gasteiger partial charge in [-0.25, -0.2) is 4.79 Å². The average molecular weight is 414 g/mol. The van der Waals surface area contributed by atoms with E-state index in [9.17, 15) is 24.0 Å². The molecule has 0 spiro atoms. The molecule has 1 heterocycles.